The molecule has 1 N–H and O–H groups in total. The maximum atomic E-state index is 5.85. The first-order valence-corrected chi connectivity index (χ1v) is 8.32. The van der Waals surface area contributed by atoms with Crippen molar-refractivity contribution >= 4 is 15.9 Å². The SMILES string of the molecule is CCOCCNCc1ccc(OCc2ccccc2)c(Br)c1. The van der Waals surface area contributed by atoms with Gasteiger partial charge in [-0.2, -0.15) is 0 Å². The molecule has 0 aromatic heterocycles. The summed E-state index contributed by atoms with van der Waals surface area (Å²) in [6, 6.07) is 16.3. The number of rotatable bonds is 9. The first-order valence-electron chi connectivity index (χ1n) is 7.53. The summed E-state index contributed by atoms with van der Waals surface area (Å²) in [6.07, 6.45) is 0. The number of hydrogen-bond donors (Lipinski definition) is 1. The van der Waals surface area contributed by atoms with Crippen LogP contribution in [0.5, 0.6) is 5.75 Å². The largest absolute Gasteiger partial charge is 0.488 e. The van der Waals surface area contributed by atoms with Crippen molar-refractivity contribution in [2.24, 2.45) is 0 Å². The number of ether oxygens (including phenoxy) is 2. The molecule has 4 heteroatoms. The lowest BCUT2D eigenvalue weighted by molar-refractivity contribution is 0.149. The highest BCUT2D eigenvalue weighted by atomic mass is 79.9. The van der Waals surface area contributed by atoms with Gasteiger partial charge < -0.3 is 14.8 Å². The Bertz CT molecular complexity index is 560. The molecule has 0 saturated carbocycles. The van der Waals surface area contributed by atoms with E-state index in [-0.39, 0.29) is 0 Å². The molecule has 22 heavy (non-hydrogen) atoms. The zero-order chi connectivity index (χ0) is 15.6. The summed E-state index contributed by atoms with van der Waals surface area (Å²) >= 11 is 3.58. The fourth-order valence-electron chi connectivity index (χ4n) is 2.03. The van der Waals surface area contributed by atoms with E-state index >= 15 is 0 Å². The Labute approximate surface area is 140 Å². The Morgan fingerprint density at radius 3 is 2.59 bits per heavy atom. The molecule has 118 valence electrons. The molecule has 3 nitrogen and oxygen atoms in total. The second kappa shape index (κ2) is 9.62. The van der Waals surface area contributed by atoms with Crippen LogP contribution in [-0.4, -0.2) is 19.8 Å². The molecule has 0 atom stereocenters. The van der Waals surface area contributed by atoms with Gasteiger partial charge in [0, 0.05) is 19.7 Å². The Balaban J connectivity index is 1.81. The topological polar surface area (TPSA) is 30.5 Å². The monoisotopic (exact) mass is 363 g/mol. The van der Waals surface area contributed by atoms with Gasteiger partial charge in [-0.3, -0.25) is 0 Å². The van der Waals surface area contributed by atoms with Crippen LogP contribution in [0.2, 0.25) is 0 Å². The zero-order valence-electron chi connectivity index (χ0n) is 12.8. The normalized spacial score (nSPS) is 10.6. The molecule has 2 aromatic carbocycles. The van der Waals surface area contributed by atoms with E-state index in [0.29, 0.717) is 6.61 Å². The summed E-state index contributed by atoms with van der Waals surface area (Å²) in [7, 11) is 0. The van der Waals surface area contributed by atoms with Gasteiger partial charge in [0.2, 0.25) is 0 Å². The third-order valence-corrected chi connectivity index (χ3v) is 3.81. The number of benzene rings is 2. The van der Waals surface area contributed by atoms with E-state index < -0.39 is 0 Å². The number of nitrogens with one attached hydrogen (secondary N) is 1. The van der Waals surface area contributed by atoms with Crippen LogP contribution in [0.25, 0.3) is 0 Å². The molecule has 0 aliphatic rings. The third kappa shape index (κ3) is 5.79. The lowest BCUT2D eigenvalue weighted by Crippen LogP contribution is -2.19. The summed E-state index contributed by atoms with van der Waals surface area (Å²) in [4.78, 5) is 0. The van der Waals surface area contributed by atoms with Crippen molar-refractivity contribution in [2.75, 3.05) is 19.8 Å². The molecule has 0 heterocycles. The van der Waals surface area contributed by atoms with Gasteiger partial charge in [0.1, 0.15) is 12.4 Å². The van der Waals surface area contributed by atoms with E-state index in [2.05, 4.69) is 45.5 Å². The number of hydrogen-bond acceptors (Lipinski definition) is 3. The van der Waals surface area contributed by atoms with Gasteiger partial charge in [-0.05, 0) is 46.1 Å². The Kier molecular flexibility index (Phi) is 7.43. The van der Waals surface area contributed by atoms with Crippen LogP contribution in [0.3, 0.4) is 0 Å². The van der Waals surface area contributed by atoms with Crippen LogP contribution in [-0.2, 0) is 17.9 Å². The van der Waals surface area contributed by atoms with Crippen LogP contribution in [0.15, 0.2) is 53.0 Å². The molecular formula is C18H22BrNO2. The van der Waals surface area contributed by atoms with Crippen molar-refractivity contribution in [3.05, 3.63) is 64.1 Å². The van der Waals surface area contributed by atoms with Crippen LogP contribution in [0.4, 0.5) is 0 Å². The van der Waals surface area contributed by atoms with E-state index in [4.69, 9.17) is 9.47 Å². The summed E-state index contributed by atoms with van der Waals surface area (Å²) in [5.41, 5.74) is 2.38. The van der Waals surface area contributed by atoms with E-state index in [0.717, 1.165) is 42.1 Å². The van der Waals surface area contributed by atoms with E-state index in [1.807, 2.05) is 31.2 Å². The van der Waals surface area contributed by atoms with Gasteiger partial charge in [-0.25, -0.2) is 0 Å². The average Bonchev–Trinajstić information content (AvgIpc) is 2.55. The lowest BCUT2D eigenvalue weighted by atomic mass is 10.2. The predicted octanol–water partition coefficient (Wildman–Crippen LogP) is 4.15. The van der Waals surface area contributed by atoms with Crippen molar-refractivity contribution in [1.82, 2.24) is 5.32 Å². The van der Waals surface area contributed by atoms with Gasteiger partial charge in [0.25, 0.3) is 0 Å². The highest BCUT2D eigenvalue weighted by Gasteiger charge is 2.03. The van der Waals surface area contributed by atoms with Crippen molar-refractivity contribution in [2.45, 2.75) is 20.1 Å². The molecule has 0 aliphatic heterocycles. The van der Waals surface area contributed by atoms with Gasteiger partial charge in [-0.1, -0.05) is 36.4 Å². The first-order chi connectivity index (χ1) is 10.8. The van der Waals surface area contributed by atoms with E-state index in [9.17, 15) is 0 Å². The van der Waals surface area contributed by atoms with Crippen molar-refractivity contribution in [1.29, 1.82) is 0 Å². The van der Waals surface area contributed by atoms with Crippen LogP contribution in [0, 0.1) is 0 Å². The first kappa shape index (κ1) is 17.0. The van der Waals surface area contributed by atoms with Crippen molar-refractivity contribution < 1.29 is 9.47 Å². The van der Waals surface area contributed by atoms with Crippen LogP contribution < -0.4 is 10.1 Å². The molecule has 0 amide bonds. The van der Waals surface area contributed by atoms with Crippen molar-refractivity contribution in [3.8, 4) is 5.75 Å². The minimum atomic E-state index is 0.575. The van der Waals surface area contributed by atoms with E-state index in [1.54, 1.807) is 0 Å². The van der Waals surface area contributed by atoms with Gasteiger partial charge in [0.05, 0.1) is 11.1 Å². The minimum Gasteiger partial charge on any atom is -0.488 e. The fourth-order valence-corrected chi connectivity index (χ4v) is 2.57. The standard InChI is InChI=1S/C18H22BrNO2/c1-2-21-11-10-20-13-16-8-9-18(17(19)12-16)22-14-15-6-4-3-5-7-15/h3-9,12,20H,2,10-11,13-14H2,1H3. The summed E-state index contributed by atoms with van der Waals surface area (Å²) in [5, 5.41) is 3.35. The summed E-state index contributed by atoms with van der Waals surface area (Å²) < 4.78 is 12.1. The third-order valence-electron chi connectivity index (χ3n) is 3.19. The second-order valence-electron chi connectivity index (χ2n) is 4.91. The maximum Gasteiger partial charge on any atom is 0.134 e. The van der Waals surface area contributed by atoms with Gasteiger partial charge in [0.15, 0.2) is 0 Å². The lowest BCUT2D eigenvalue weighted by Gasteiger charge is -2.10. The van der Waals surface area contributed by atoms with Crippen LogP contribution in [0.1, 0.15) is 18.1 Å². The number of halogens is 1. The smallest absolute Gasteiger partial charge is 0.134 e. The minimum absolute atomic E-state index is 0.575. The molecule has 0 spiro atoms. The molecule has 0 bridgehead atoms. The summed E-state index contributed by atoms with van der Waals surface area (Å²) in [5.74, 6) is 0.863. The molecule has 0 aliphatic carbocycles. The Hall–Kier alpha value is -1.36. The quantitative estimate of drug-likeness (QED) is 0.678. The molecule has 0 saturated heterocycles. The summed E-state index contributed by atoms with van der Waals surface area (Å²) in [6.45, 7) is 5.77. The van der Waals surface area contributed by atoms with Crippen molar-refractivity contribution in [3.63, 3.8) is 0 Å². The average molecular weight is 364 g/mol. The molecule has 0 fully saturated rings. The van der Waals surface area contributed by atoms with Crippen LogP contribution >= 0.6 is 15.9 Å². The maximum absolute atomic E-state index is 5.85. The molecule has 2 aromatic rings. The molecular weight excluding hydrogens is 342 g/mol. The van der Waals surface area contributed by atoms with E-state index in [1.165, 1.54) is 5.56 Å². The molecule has 0 radical (unpaired) electrons. The molecule has 2 rings (SSSR count). The molecule has 0 unspecified atom stereocenters. The highest BCUT2D eigenvalue weighted by molar-refractivity contribution is 9.10. The second-order valence-corrected chi connectivity index (χ2v) is 5.77. The predicted molar refractivity (Wildman–Crippen MR) is 93.1 cm³/mol. The highest BCUT2D eigenvalue weighted by Crippen LogP contribution is 2.26. The fraction of sp³-hybridized carbons (Fsp3) is 0.333. The Morgan fingerprint density at radius 2 is 1.86 bits per heavy atom. The van der Waals surface area contributed by atoms with Gasteiger partial charge in [-0.15, -0.1) is 0 Å². The van der Waals surface area contributed by atoms with Gasteiger partial charge >= 0.3 is 0 Å². The zero-order valence-corrected chi connectivity index (χ0v) is 14.4. The Morgan fingerprint density at radius 1 is 1.05 bits per heavy atom.